The molecular weight excluding hydrogens is 262 g/mol. The van der Waals surface area contributed by atoms with Crippen molar-refractivity contribution >= 4 is 5.82 Å². The number of rotatable bonds is 3. The van der Waals surface area contributed by atoms with Gasteiger partial charge >= 0.3 is 0 Å². The van der Waals surface area contributed by atoms with Gasteiger partial charge in [-0.05, 0) is 25.7 Å². The van der Waals surface area contributed by atoms with E-state index < -0.39 is 0 Å². The molecule has 2 aliphatic rings. The molecule has 2 N–H and O–H groups in total. The highest BCUT2D eigenvalue weighted by Crippen LogP contribution is 2.44. The molecule has 2 saturated carbocycles. The molecule has 4 rings (SSSR count). The summed E-state index contributed by atoms with van der Waals surface area (Å²) in [5.41, 5.74) is 8.42. The van der Waals surface area contributed by atoms with Crippen LogP contribution in [0.2, 0.25) is 0 Å². The van der Waals surface area contributed by atoms with Crippen molar-refractivity contribution in [3.8, 4) is 11.3 Å². The third kappa shape index (κ3) is 2.24. The number of nitrogen functional groups attached to an aromatic ring is 1. The van der Waals surface area contributed by atoms with Crippen LogP contribution in [0.25, 0.3) is 11.3 Å². The van der Waals surface area contributed by atoms with Gasteiger partial charge in [0.2, 0.25) is 0 Å². The van der Waals surface area contributed by atoms with Gasteiger partial charge in [0, 0.05) is 30.8 Å². The summed E-state index contributed by atoms with van der Waals surface area (Å²) in [4.78, 5) is 4.96. The molecule has 2 aromatic rings. The number of nitrogens with two attached hydrogens (primary N) is 1. The predicted molar refractivity (Wildman–Crippen MR) is 82.9 cm³/mol. The van der Waals surface area contributed by atoms with Gasteiger partial charge in [0.15, 0.2) is 0 Å². The van der Waals surface area contributed by atoms with Crippen molar-refractivity contribution in [3.63, 3.8) is 0 Å². The molecule has 0 aromatic carbocycles. The van der Waals surface area contributed by atoms with Crippen molar-refractivity contribution in [2.45, 2.75) is 56.9 Å². The van der Waals surface area contributed by atoms with Crippen LogP contribution in [-0.2, 0) is 7.05 Å². The molecule has 2 fully saturated rings. The highest BCUT2D eigenvalue weighted by molar-refractivity contribution is 5.70. The van der Waals surface area contributed by atoms with E-state index in [4.69, 9.17) is 10.7 Å². The minimum absolute atomic E-state index is 0.583. The highest BCUT2D eigenvalue weighted by atomic mass is 15.2. The Hall–Kier alpha value is -1.78. The highest BCUT2D eigenvalue weighted by Gasteiger charge is 2.33. The zero-order valence-electron chi connectivity index (χ0n) is 12.6. The zero-order chi connectivity index (χ0) is 14.4. The van der Waals surface area contributed by atoms with Gasteiger partial charge in [-0.25, -0.2) is 4.98 Å². The largest absolute Gasteiger partial charge is 0.383 e. The second kappa shape index (κ2) is 4.90. The molecule has 112 valence electrons. The molecule has 2 aromatic heterocycles. The Balaban J connectivity index is 1.78. The molecule has 2 heterocycles. The summed E-state index contributed by atoms with van der Waals surface area (Å²) >= 11 is 0. The van der Waals surface area contributed by atoms with E-state index in [1.54, 1.807) is 0 Å². The molecule has 5 nitrogen and oxygen atoms in total. The molecule has 0 saturated heterocycles. The monoisotopic (exact) mass is 285 g/mol. The van der Waals surface area contributed by atoms with E-state index in [0.29, 0.717) is 12.0 Å². The molecule has 0 amide bonds. The standard InChI is InChI=1S/C16H23N5/c1-20-10-12(9-18-20)14-15(17)21(13-7-8-13)16(19-14)11-5-3-2-4-6-11/h9-11,13H,2-8,17H2,1H3. The summed E-state index contributed by atoms with van der Waals surface area (Å²) in [5.74, 6) is 2.66. The zero-order valence-corrected chi connectivity index (χ0v) is 12.6. The van der Waals surface area contributed by atoms with E-state index in [1.165, 1.54) is 50.8 Å². The molecule has 0 atom stereocenters. The van der Waals surface area contributed by atoms with Crippen molar-refractivity contribution in [1.82, 2.24) is 19.3 Å². The van der Waals surface area contributed by atoms with Gasteiger partial charge in [0.25, 0.3) is 0 Å². The Kier molecular flexibility index (Phi) is 3.01. The normalized spacial score (nSPS) is 20.0. The van der Waals surface area contributed by atoms with Crippen molar-refractivity contribution in [2.24, 2.45) is 7.05 Å². The van der Waals surface area contributed by atoms with E-state index in [2.05, 4.69) is 9.67 Å². The number of hydrogen-bond acceptors (Lipinski definition) is 3. The summed E-state index contributed by atoms with van der Waals surface area (Å²) in [6, 6.07) is 0.583. The van der Waals surface area contributed by atoms with Gasteiger partial charge in [-0.1, -0.05) is 19.3 Å². The molecule has 0 bridgehead atoms. The van der Waals surface area contributed by atoms with Gasteiger partial charge in [0.05, 0.1) is 6.20 Å². The lowest BCUT2D eigenvalue weighted by Gasteiger charge is -2.22. The number of aryl methyl sites for hydroxylation is 1. The van der Waals surface area contributed by atoms with Gasteiger partial charge in [-0.3, -0.25) is 4.68 Å². The first-order valence-electron chi connectivity index (χ1n) is 8.10. The first kappa shape index (κ1) is 12.9. The van der Waals surface area contributed by atoms with Crippen molar-refractivity contribution < 1.29 is 0 Å². The Morgan fingerprint density at radius 2 is 1.90 bits per heavy atom. The minimum atomic E-state index is 0.583. The van der Waals surface area contributed by atoms with E-state index in [9.17, 15) is 0 Å². The molecule has 21 heavy (non-hydrogen) atoms. The Morgan fingerprint density at radius 1 is 1.14 bits per heavy atom. The van der Waals surface area contributed by atoms with Gasteiger partial charge in [-0.15, -0.1) is 0 Å². The first-order valence-corrected chi connectivity index (χ1v) is 8.10. The number of imidazole rings is 1. The molecule has 0 radical (unpaired) electrons. The van der Waals surface area contributed by atoms with Crippen LogP contribution >= 0.6 is 0 Å². The third-order valence-electron chi connectivity index (χ3n) is 4.84. The summed E-state index contributed by atoms with van der Waals surface area (Å²) in [7, 11) is 1.93. The maximum atomic E-state index is 6.46. The van der Waals surface area contributed by atoms with Crippen LogP contribution in [0.5, 0.6) is 0 Å². The minimum Gasteiger partial charge on any atom is -0.383 e. The maximum absolute atomic E-state index is 6.46. The number of aromatic nitrogens is 4. The van der Waals surface area contributed by atoms with Gasteiger partial charge < -0.3 is 10.3 Å². The first-order chi connectivity index (χ1) is 10.2. The van der Waals surface area contributed by atoms with Crippen LogP contribution in [-0.4, -0.2) is 19.3 Å². The third-order valence-corrected chi connectivity index (χ3v) is 4.84. The molecule has 0 spiro atoms. The molecular formula is C16H23N5. The lowest BCUT2D eigenvalue weighted by atomic mass is 9.88. The fraction of sp³-hybridized carbons (Fsp3) is 0.625. The lowest BCUT2D eigenvalue weighted by molar-refractivity contribution is 0.416. The van der Waals surface area contributed by atoms with Crippen LogP contribution in [0, 0.1) is 0 Å². The Morgan fingerprint density at radius 3 is 2.52 bits per heavy atom. The van der Waals surface area contributed by atoms with Crippen LogP contribution < -0.4 is 5.73 Å². The molecule has 0 unspecified atom stereocenters. The van der Waals surface area contributed by atoms with E-state index in [-0.39, 0.29) is 0 Å². The van der Waals surface area contributed by atoms with E-state index >= 15 is 0 Å². The van der Waals surface area contributed by atoms with Crippen molar-refractivity contribution in [3.05, 3.63) is 18.2 Å². The Labute approximate surface area is 125 Å². The van der Waals surface area contributed by atoms with Crippen molar-refractivity contribution in [2.75, 3.05) is 5.73 Å². The van der Waals surface area contributed by atoms with Gasteiger partial charge in [0.1, 0.15) is 17.3 Å². The van der Waals surface area contributed by atoms with Crippen LogP contribution in [0.4, 0.5) is 5.82 Å². The second-order valence-electron chi connectivity index (χ2n) is 6.54. The summed E-state index contributed by atoms with van der Waals surface area (Å²) < 4.78 is 4.14. The van der Waals surface area contributed by atoms with Gasteiger partial charge in [-0.2, -0.15) is 5.10 Å². The lowest BCUT2D eigenvalue weighted by Crippen LogP contribution is -2.12. The smallest absolute Gasteiger partial charge is 0.132 e. The van der Waals surface area contributed by atoms with Crippen LogP contribution in [0.3, 0.4) is 0 Å². The molecule has 2 aliphatic carbocycles. The van der Waals surface area contributed by atoms with E-state index in [0.717, 1.165) is 17.1 Å². The summed E-state index contributed by atoms with van der Waals surface area (Å²) in [6.45, 7) is 0. The molecule has 5 heteroatoms. The van der Waals surface area contributed by atoms with Crippen LogP contribution in [0.1, 0.15) is 62.7 Å². The Bertz CT molecular complexity index is 644. The number of hydrogen-bond donors (Lipinski definition) is 1. The van der Waals surface area contributed by atoms with Crippen LogP contribution in [0.15, 0.2) is 12.4 Å². The fourth-order valence-electron chi connectivity index (χ4n) is 3.58. The maximum Gasteiger partial charge on any atom is 0.132 e. The fourth-order valence-corrected chi connectivity index (χ4v) is 3.58. The second-order valence-corrected chi connectivity index (χ2v) is 6.54. The summed E-state index contributed by atoms with van der Waals surface area (Å²) in [6.07, 6.45) is 12.9. The number of anilines is 1. The molecule has 0 aliphatic heterocycles. The average Bonchev–Trinajstić information content (AvgIpc) is 3.15. The predicted octanol–water partition coefficient (Wildman–Crippen LogP) is 3.25. The number of nitrogens with zero attached hydrogens (tertiary/aromatic N) is 4. The van der Waals surface area contributed by atoms with Crippen molar-refractivity contribution in [1.29, 1.82) is 0 Å². The quantitative estimate of drug-likeness (QED) is 0.941. The SMILES string of the molecule is Cn1cc(-c2nc(C3CCCCC3)n(C3CC3)c2N)cn1. The topological polar surface area (TPSA) is 61.7 Å². The average molecular weight is 285 g/mol. The van der Waals surface area contributed by atoms with E-state index in [1.807, 2.05) is 24.1 Å². The summed E-state index contributed by atoms with van der Waals surface area (Å²) in [5, 5.41) is 4.26.